The van der Waals surface area contributed by atoms with Gasteiger partial charge in [-0.3, -0.25) is 4.99 Å². The monoisotopic (exact) mass is 249 g/mol. The molecule has 2 N–H and O–H groups in total. The third-order valence-electron chi connectivity index (χ3n) is 4.02. The van der Waals surface area contributed by atoms with E-state index in [9.17, 15) is 0 Å². The predicted molar refractivity (Wildman–Crippen MR) is 70.1 cm³/mol. The largest absolute Gasteiger partial charge is 0.370 e. The molecule has 4 heteroatoms. The highest BCUT2D eigenvalue weighted by molar-refractivity contribution is 6.30. The molecule has 0 saturated heterocycles. The van der Waals surface area contributed by atoms with E-state index in [0.29, 0.717) is 11.9 Å². The molecule has 1 fully saturated rings. The topological polar surface area (TPSA) is 41.6 Å². The summed E-state index contributed by atoms with van der Waals surface area (Å²) in [5.74, 6) is 1.31. The fraction of sp³-hybridized carbons (Fsp3) is 0.462. The van der Waals surface area contributed by atoms with Gasteiger partial charge in [-0.15, -0.1) is 0 Å². The zero-order valence-corrected chi connectivity index (χ0v) is 10.6. The number of nitrogens with zero attached hydrogens (tertiary/aromatic N) is 2. The summed E-state index contributed by atoms with van der Waals surface area (Å²) in [6.07, 6.45) is 2.52. The molecule has 1 aromatic carbocycles. The molecule has 1 heterocycles. The Labute approximate surface area is 106 Å². The van der Waals surface area contributed by atoms with Crippen LogP contribution in [0.4, 0.5) is 0 Å². The van der Waals surface area contributed by atoms with Crippen LogP contribution in [0.5, 0.6) is 0 Å². The van der Waals surface area contributed by atoms with E-state index in [2.05, 4.69) is 22.0 Å². The number of hydrogen-bond donors (Lipinski definition) is 1. The van der Waals surface area contributed by atoms with Crippen molar-refractivity contribution >= 4 is 17.6 Å². The lowest BCUT2D eigenvalue weighted by atomic mass is 9.84. The van der Waals surface area contributed by atoms with E-state index in [4.69, 9.17) is 17.3 Å². The molecule has 0 aromatic heterocycles. The lowest BCUT2D eigenvalue weighted by Gasteiger charge is -2.37. The van der Waals surface area contributed by atoms with Crippen LogP contribution in [0, 0.1) is 5.92 Å². The molecular weight excluding hydrogens is 234 g/mol. The number of benzene rings is 1. The molecular formula is C13H16ClN3. The molecule has 1 aromatic rings. The second kappa shape index (κ2) is 3.64. The smallest absolute Gasteiger partial charge is 0.191 e. The van der Waals surface area contributed by atoms with E-state index in [1.165, 1.54) is 18.4 Å². The fourth-order valence-corrected chi connectivity index (χ4v) is 2.97. The van der Waals surface area contributed by atoms with Crippen molar-refractivity contribution in [3.05, 3.63) is 34.9 Å². The van der Waals surface area contributed by atoms with Crippen molar-refractivity contribution in [2.75, 3.05) is 13.6 Å². The molecule has 0 spiro atoms. The van der Waals surface area contributed by atoms with E-state index >= 15 is 0 Å². The zero-order valence-electron chi connectivity index (χ0n) is 9.86. The lowest BCUT2D eigenvalue weighted by molar-refractivity contribution is 0.202. The molecule has 90 valence electrons. The molecule has 0 radical (unpaired) electrons. The lowest BCUT2D eigenvalue weighted by Crippen LogP contribution is -2.48. The summed E-state index contributed by atoms with van der Waals surface area (Å²) in [6.45, 7) is 0.766. The Bertz CT molecular complexity index is 464. The Morgan fingerprint density at radius 3 is 2.47 bits per heavy atom. The van der Waals surface area contributed by atoms with Crippen LogP contribution in [-0.4, -0.2) is 24.5 Å². The van der Waals surface area contributed by atoms with E-state index < -0.39 is 0 Å². The number of aliphatic imine (C=N–C) groups is 1. The summed E-state index contributed by atoms with van der Waals surface area (Å²) in [5, 5.41) is 0.772. The Kier molecular flexibility index (Phi) is 2.33. The first-order chi connectivity index (χ1) is 8.14. The minimum absolute atomic E-state index is 0.0331. The van der Waals surface area contributed by atoms with Crippen LogP contribution in [-0.2, 0) is 5.54 Å². The first kappa shape index (κ1) is 10.9. The SMILES string of the molecule is CN1C(N)=NCC1(c1ccc(Cl)cc1)C1CC1. The molecule has 1 aliphatic heterocycles. The standard InChI is InChI=1S/C13H16ClN3/c1-17-12(15)16-8-13(17,9-2-3-9)10-4-6-11(14)7-5-10/h4-7,9H,2-3,8H2,1H3,(H2,15,16). The predicted octanol–water partition coefficient (Wildman–Crippen LogP) is 2.21. The van der Waals surface area contributed by atoms with Gasteiger partial charge in [0.05, 0.1) is 12.1 Å². The third kappa shape index (κ3) is 1.53. The van der Waals surface area contributed by atoms with Gasteiger partial charge in [0.25, 0.3) is 0 Å². The first-order valence-electron chi connectivity index (χ1n) is 5.94. The maximum absolute atomic E-state index is 5.96. The van der Waals surface area contributed by atoms with Gasteiger partial charge in [-0.25, -0.2) is 0 Å². The first-order valence-corrected chi connectivity index (χ1v) is 6.32. The maximum atomic E-state index is 5.96. The molecule has 3 rings (SSSR count). The van der Waals surface area contributed by atoms with Crippen molar-refractivity contribution in [1.29, 1.82) is 0 Å². The fourth-order valence-electron chi connectivity index (χ4n) is 2.84. The number of rotatable bonds is 2. The highest BCUT2D eigenvalue weighted by atomic mass is 35.5. The van der Waals surface area contributed by atoms with Crippen LogP contribution in [0.2, 0.25) is 5.02 Å². The number of hydrogen-bond acceptors (Lipinski definition) is 3. The molecule has 0 bridgehead atoms. The van der Waals surface area contributed by atoms with E-state index in [1.807, 2.05) is 19.2 Å². The van der Waals surface area contributed by atoms with Gasteiger partial charge < -0.3 is 10.6 Å². The van der Waals surface area contributed by atoms with Crippen LogP contribution in [0.3, 0.4) is 0 Å². The quantitative estimate of drug-likeness (QED) is 0.873. The number of halogens is 1. The van der Waals surface area contributed by atoms with Crippen molar-refractivity contribution in [2.24, 2.45) is 16.6 Å². The summed E-state index contributed by atoms with van der Waals surface area (Å²) in [7, 11) is 2.04. The Morgan fingerprint density at radius 1 is 1.35 bits per heavy atom. The minimum atomic E-state index is -0.0331. The molecule has 2 aliphatic rings. The molecule has 1 unspecified atom stereocenters. The van der Waals surface area contributed by atoms with E-state index in [1.54, 1.807) is 0 Å². The average Bonchev–Trinajstić information content (AvgIpc) is 3.12. The summed E-state index contributed by atoms with van der Waals surface area (Å²) in [4.78, 5) is 6.55. The van der Waals surface area contributed by atoms with Crippen molar-refractivity contribution < 1.29 is 0 Å². The van der Waals surface area contributed by atoms with Crippen LogP contribution in [0.15, 0.2) is 29.3 Å². The van der Waals surface area contributed by atoms with Crippen LogP contribution >= 0.6 is 11.6 Å². The molecule has 1 saturated carbocycles. The van der Waals surface area contributed by atoms with Gasteiger partial charge in [0.15, 0.2) is 5.96 Å². The third-order valence-corrected chi connectivity index (χ3v) is 4.27. The minimum Gasteiger partial charge on any atom is -0.370 e. The zero-order chi connectivity index (χ0) is 12.0. The van der Waals surface area contributed by atoms with E-state index in [0.717, 1.165) is 11.6 Å². The van der Waals surface area contributed by atoms with Gasteiger partial charge in [0, 0.05) is 12.1 Å². The summed E-state index contributed by atoms with van der Waals surface area (Å²) in [6, 6.07) is 8.10. The summed E-state index contributed by atoms with van der Waals surface area (Å²) in [5.41, 5.74) is 7.18. The second-order valence-corrected chi connectivity index (χ2v) is 5.38. The molecule has 17 heavy (non-hydrogen) atoms. The number of guanidine groups is 1. The van der Waals surface area contributed by atoms with Crippen molar-refractivity contribution in [3.8, 4) is 0 Å². The Hall–Kier alpha value is -1.22. The summed E-state index contributed by atoms with van der Waals surface area (Å²) >= 11 is 5.96. The second-order valence-electron chi connectivity index (χ2n) is 4.94. The van der Waals surface area contributed by atoms with Gasteiger partial charge in [-0.1, -0.05) is 23.7 Å². The van der Waals surface area contributed by atoms with Crippen LogP contribution in [0.25, 0.3) is 0 Å². The average molecular weight is 250 g/mol. The molecule has 1 atom stereocenters. The highest BCUT2D eigenvalue weighted by Gasteiger charge is 2.52. The Balaban J connectivity index is 2.04. The van der Waals surface area contributed by atoms with Crippen molar-refractivity contribution in [2.45, 2.75) is 18.4 Å². The van der Waals surface area contributed by atoms with Crippen LogP contribution in [0.1, 0.15) is 18.4 Å². The van der Waals surface area contributed by atoms with Gasteiger partial charge in [-0.2, -0.15) is 0 Å². The maximum Gasteiger partial charge on any atom is 0.191 e. The van der Waals surface area contributed by atoms with Gasteiger partial charge in [0.2, 0.25) is 0 Å². The summed E-state index contributed by atoms with van der Waals surface area (Å²) < 4.78 is 0. The van der Waals surface area contributed by atoms with E-state index in [-0.39, 0.29) is 5.54 Å². The van der Waals surface area contributed by atoms with Gasteiger partial charge in [0.1, 0.15) is 0 Å². The molecule has 0 amide bonds. The Morgan fingerprint density at radius 2 is 2.00 bits per heavy atom. The van der Waals surface area contributed by atoms with Crippen LogP contribution < -0.4 is 5.73 Å². The normalized spacial score (nSPS) is 28.4. The number of likely N-dealkylation sites (N-methyl/N-ethyl adjacent to an activating group) is 1. The number of nitrogens with two attached hydrogens (primary N) is 1. The molecule has 1 aliphatic carbocycles. The molecule has 3 nitrogen and oxygen atoms in total. The van der Waals surface area contributed by atoms with Crippen molar-refractivity contribution in [3.63, 3.8) is 0 Å². The van der Waals surface area contributed by atoms with Gasteiger partial charge in [-0.05, 0) is 36.5 Å². The van der Waals surface area contributed by atoms with Gasteiger partial charge >= 0.3 is 0 Å². The highest BCUT2D eigenvalue weighted by Crippen LogP contribution is 2.50. The van der Waals surface area contributed by atoms with Crippen molar-refractivity contribution in [1.82, 2.24) is 4.90 Å².